The molecule has 0 spiro atoms. The van der Waals surface area contributed by atoms with E-state index in [0.29, 0.717) is 10.8 Å². The molecular formula is C19H11NO5. The fraction of sp³-hybridized carbons (Fsp3) is 0. The van der Waals surface area contributed by atoms with Gasteiger partial charge in [0.2, 0.25) is 0 Å². The zero-order chi connectivity index (χ0) is 17.7. The van der Waals surface area contributed by atoms with Gasteiger partial charge in [-0.1, -0.05) is 24.3 Å². The Labute approximate surface area is 141 Å². The van der Waals surface area contributed by atoms with Crippen LogP contribution >= 0.6 is 0 Å². The van der Waals surface area contributed by atoms with Gasteiger partial charge in [-0.3, -0.25) is 9.59 Å². The van der Waals surface area contributed by atoms with Crippen LogP contribution in [0.25, 0.3) is 10.8 Å². The maximum atomic E-state index is 12.9. The largest absolute Gasteiger partial charge is 0.506 e. The van der Waals surface area contributed by atoms with E-state index in [1.807, 2.05) is 0 Å². The quantitative estimate of drug-likeness (QED) is 0.703. The molecule has 0 radical (unpaired) electrons. The van der Waals surface area contributed by atoms with Crippen LogP contribution in [0, 0.1) is 0 Å². The minimum atomic E-state index is -1.13. The number of hydrogen-bond donors (Lipinski definition) is 2. The summed E-state index contributed by atoms with van der Waals surface area (Å²) in [5.41, 5.74) is 0.552. The number of carboxylic acid groups (broad SMARTS) is 1. The molecule has 2 amide bonds. The molecule has 2 N–H and O–H groups in total. The van der Waals surface area contributed by atoms with Crippen molar-refractivity contribution in [2.24, 2.45) is 0 Å². The molecule has 25 heavy (non-hydrogen) atoms. The third-order valence-corrected chi connectivity index (χ3v) is 4.26. The van der Waals surface area contributed by atoms with E-state index in [4.69, 9.17) is 0 Å². The van der Waals surface area contributed by atoms with Crippen molar-refractivity contribution >= 4 is 34.2 Å². The molecule has 122 valence electrons. The van der Waals surface area contributed by atoms with E-state index < -0.39 is 17.8 Å². The van der Waals surface area contributed by atoms with Gasteiger partial charge in [0.05, 0.1) is 11.3 Å². The van der Waals surface area contributed by atoms with Crippen LogP contribution in [0.5, 0.6) is 5.75 Å². The molecular weight excluding hydrogens is 322 g/mol. The van der Waals surface area contributed by atoms with E-state index in [0.717, 1.165) is 4.90 Å². The average molecular weight is 333 g/mol. The predicted molar refractivity (Wildman–Crippen MR) is 90.2 cm³/mol. The Bertz CT molecular complexity index is 1060. The average Bonchev–Trinajstić information content (AvgIpc) is 2.60. The summed E-state index contributed by atoms with van der Waals surface area (Å²) in [5.74, 6) is -2.53. The Hall–Kier alpha value is -3.67. The number of anilines is 1. The number of nitrogens with zero attached hydrogens (tertiary/aromatic N) is 1. The molecule has 0 bridgehead atoms. The summed E-state index contributed by atoms with van der Waals surface area (Å²) < 4.78 is 0. The highest BCUT2D eigenvalue weighted by molar-refractivity contribution is 6.36. The van der Waals surface area contributed by atoms with Crippen LogP contribution in [0.1, 0.15) is 31.1 Å². The summed E-state index contributed by atoms with van der Waals surface area (Å²) in [6, 6.07) is 13.5. The van der Waals surface area contributed by atoms with E-state index >= 15 is 0 Å². The molecule has 0 unspecified atom stereocenters. The highest BCUT2D eigenvalue weighted by Gasteiger charge is 2.35. The number of carbonyl (C=O) groups excluding carboxylic acids is 2. The first kappa shape index (κ1) is 14.9. The molecule has 6 nitrogen and oxygen atoms in total. The number of imide groups is 1. The number of benzene rings is 3. The van der Waals surface area contributed by atoms with Crippen LogP contribution in [0.4, 0.5) is 5.69 Å². The van der Waals surface area contributed by atoms with Gasteiger partial charge < -0.3 is 10.2 Å². The lowest BCUT2D eigenvalue weighted by Gasteiger charge is -2.27. The molecule has 0 aromatic heterocycles. The van der Waals surface area contributed by atoms with Gasteiger partial charge in [0.25, 0.3) is 11.8 Å². The predicted octanol–water partition coefficient (Wildman–Crippen LogP) is 3.04. The van der Waals surface area contributed by atoms with Crippen LogP contribution in [0.2, 0.25) is 0 Å². The normalized spacial score (nSPS) is 13.4. The van der Waals surface area contributed by atoms with Gasteiger partial charge in [-0.2, -0.15) is 0 Å². The monoisotopic (exact) mass is 333 g/mol. The van der Waals surface area contributed by atoms with Crippen molar-refractivity contribution in [3.63, 3.8) is 0 Å². The van der Waals surface area contributed by atoms with Crippen molar-refractivity contribution in [2.75, 3.05) is 4.90 Å². The van der Waals surface area contributed by atoms with E-state index in [1.54, 1.807) is 30.3 Å². The first-order valence-electron chi connectivity index (χ1n) is 7.46. The smallest absolute Gasteiger partial charge is 0.336 e. The van der Waals surface area contributed by atoms with Crippen molar-refractivity contribution < 1.29 is 24.6 Å². The van der Waals surface area contributed by atoms with Crippen molar-refractivity contribution in [2.45, 2.75) is 0 Å². The topological polar surface area (TPSA) is 94.9 Å². The minimum absolute atomic E-state index is 0.0252. The number of hydrogen-bond acceptors (Lipinski definition) is 4. The number of aromatic hydroxyl groups is 1. The third kappa shape index (κ3) is 2.01. The molecule has 1 heterocycles. The van der Waals surface area contributed by atoms with Crippen molar-refractivity contribution in [3.8, 4) is 5.75 Å². The number of para-hydroxylation sites is 2. The summed E-state index contributed by atoms with van der Waals surface area (Å²) in [7, 11) is 0. The zero-order valence-corrected chi connectivity index (χ0v) is 12.8. The van der Waals surface area contributed by atoms with Gasteiger partial charge in [0.15, 0.2) is 0 Å². The molecule has 0 saturated heterocycles. The lowest BCUT2D eigenvalue weighted by Crippen LogP contribution is -2.40. The van der Waals surface area contributed by atoms with Crippen LogP contribution in [0.3, 0.4) is 0 Å². The minimum Gasteiger partial charge on any atom is -0.506 e. The molecule has 3 aromatic rings. The lowest BCUT2D eigenvalue weighted by molar-refractivity contribution is 0.0697. The fourth-order valence-electron chi connectivity index (χ4n) is 3.15. The molecule has 1 aliphatic heterocycles. The molecule has 1 aliphatic rings. The summed E-state index contributed by atoms with van der Waals surface area (Å²) in [6.45, 7) is 0. The highest BCUT2D eigenvalue weighted by Crippen LogP contribution is 2.37. The summed E-state index contributed by atoms with van der Waals surface area (Å²) in [4.78, 5) is 38.1. The fourth-order valence-corrected chi connectivity index (χ4v) is 3.15. The molecule has 6 heteroatoms. The maximum absolute atomic E-state index is 12.9. The molecule has 0 atom stereocenters. The number of carbonyl (C=O) groups is 3. The van der Waals surface area contributed by atoms with E-state index in [2.05, 4.69) is 0 Å². The number of phenols is 1. The van der Waals surface area contributed by atoms with E-state index in [1.165, 1.54) is 24.3 Å². The van der Waals surface area contributed by atoms with Crippen LogP contribution in [0.15, 0.2) is 54.6 Å². The van der Waals surface area contributed by atoms with Gasteiger partial charge in [-0.25, -0.2) is 9.69 Å². The maximum Gasteiger partial charge on any atom is 0.336 e. The summed E-state index contributed by atoms with van der Waals surface area (Å²) in [5, 5.41) is 20.0. The Kier molecular flexibility index (Phi) is 3.08. The molecule has 0 fully saturated rings. The van der Waals surface area contributed by atoms with Crippen molar-refractivity contribution in [3.05, 3.63) is 71.3 Å². The van der Waals surface area contributed by atoms with Gasteiger partial charge >= 0.3 is 5.97 Å². The second kappa shape index (κ2) is 5.17. The van der Waals surface area contributed by atoms with Gasteiger partial charge in [0, 0.05) is 16.5 Å². The Morgan fingerprint density at radius 3 is 2.20 bits per heavy atom. The number of carboxylic acids is 1. The Morgan fingerprint density at radius 2 is 1.52 bits per heavy atom. The van der Waals surface area contributed by atoms with Gasteiger partial charge in [-0.15, -0.1) is 0 Å². The SMILES string of the molecule is O=C(O)c1ccc2c3c(cccc13)C(=O)N(c1ccccc1O)C2=O. The summed E-state index contributed by atoms with van der Waals surface area (Å²) >= 11 is 0. The first-order chi connectivity index (χ1) is 12.0. The second-order valence-corrected chi connectivity index (χ2v) is 5.63. The zero-order valence-electron chi connectivity index (χ0n) is 12.8. The third-order valence-electron chi connectivity index (χ3n) is 4.26. The Balaban J connectivity index is 2.03. The van der Waals surface area contributed by atoms with Gasteiger partial charge in [-0.05, 0) is 35.7 Å². The highest BCUT2D eigenvalue weighted by atomic mass is 16.4. The first-order valence-corrected chi connectivity index (χ1v) is 7.46. The second-order valence-electron chi connectivity index (χ2n) is 5.63. The van der Waals surface area contributed by atoms with E-state index in [9.17, 15) is 24.6 Å². The molecule has 4 rings (SSSR count). The standard InChI is InChI=1S/C19H11NO5/c21-15-7-2-1-6-14(15)20-17(22)12-5-3-4-10-11(19(24)25)8-9-13(16(10)12)18(20)23/h1-9,21H,(H,24,25). The van der Waals surface area contributed by atoms with Crippen molar-refractivity contribution in [1.82, 2.24) is 0 Å². The van der Waals surface area contributed by atoms with Crippen molar-refractivity contribution in [1.29, 1.82) is 0 Å². The number of aromatic carboxylic acids is 1. The summed E-state index contributed by atoms with van der Waals surface area (Å²) in [6.07, 6.45) is 0. The number of phenolic OH excluding ortho intramolecular Hbond substituents is 1. The molecule has 0 aliphatic carbocycles. The van der Waals surface area contributed by atoms with Crippen LogP contribution in [-0.4, -0.2) is 28.0 Å². The van der Waals surface area contributed by atoms with Crippen LogP contribution in [-0.2, 0) is 0 Å². The molecule has 0 saturated carbocycles. The Morgan fingerprint density at radius 1 is 0.840 bits per heavy atom. The lowest BCUT2D eigenvalue weighted by atomic mass is 9.91. The van der Waals surface area contributed by atoms with Gasteiger partial charge in [0.1, 0.15) is 5.75 Å². The van der Waals surface area contributed by atoms with Crippen LogP contribution < -0.4 is 4.90 Å². The molecule has 3 aromatic carbocycles. The number of rotatable bonds is 2. The van der Waals surface area contributed by atoms with E-state index in [-0.39, 0.29) is 28.1 Å². The number of amides is 2.